The molecular formula is C12H16N4O3S2. The van der Waals surface area contributed by atoms with Gasteiger partial charge in [0.2, 0.25) is 5.91 Å². The zero-order chi connectivity index (χ0) is 15.6. The van der Waals surface area contributed by atoms with E-state index in [0.717, 1.165) is 24.1 Å². The molecule has 21 heavy (non-hydrogen) atoms. The van der Waals surface area contributed by atoms with Crippen LogP contribution in [0.15, 0.2) is 23.1 Å². The van der Waals surface area contributed by atoms with E-state index in [0.29, 0.717) is 6.54 Å². The van der Waals surface area contributed by atoms with Crippen molar-refractivity contribution in [2.45, 2.75) is 24.7 Å². The quantitative estimate of drug-likeness (QED) is 0.533. The molecule has 0 unspecified atom stereocenters. The number of fused-ring (bicyclic) bond motifs is 1. The average molecular weight is 328 g/mol. The van der Waals surface area contributed by atoms with Gasteiger partial charge >= 0.3 is 0 Å². The second-order valence-electron chi connectivity index (χ2n) is 4.66. The number of thiocarbonyl (C=S) groups is 1. The molecule has 2 rings (SSSR count). The molecule has 0 fully saturated rings. The molecule has 9 heteroatoms. The smallest absolute Gasteiger partial charge is 0.257 e. The Bertz CT molecular complexity index is 688. The zero-order valence-electron chi connectivity index (χ0n) is 11.4. The first-order chi connectivity index (χ1) is 9.81. The van der Waals surface area contributed by atoms with Gasteiger partial charge in [-0.2, -0.15) is 0 Å². The summed E-state index contributed by atoms with van der Waals surface area (Å²) < 4.78 is 24.1. The lowest BCUT2D eigenvalue weighted by Gasteiger charge is -2.28. The third-order valence-electron chi connectivity index (χ3n) is 3.17. The summed E-state index contributed by atoms with van der Waals surface area (Å²) in [5.41, 5.74) is 8.97. The first-order valence-electron chi connectivity index (χ1n) is 6.29. The topological polar surface area (TPSA) is 105 Å². The molecule has 4 N–H and O–H groups in total. The molecule has 0 atom stereocenters. The Balaban J connectivity index is 2.33. The summed E-state index contributed by atoms with van der Waals surface area (Å²) in [5.74, 6) is -0.0557. The van der Waals surface area contributed by atoms with Crippen LogP contribution in [0.1, 0.15) is 18.9 Å². The molecule has 7 nitrogen and oxygen atoms in total. The van der Waals surface area contributed by atoms with Crippen LogP contribution in [0.2, 0.25) is 0 Å². The summed E-state index contributed by atoms with van der Waals surface area (Å²) in [6.07, 6.45) is 1.53. The largest absolute Gasteiger partial charge is 0.375 e. The third-order valence-corrected chi connectivity index (χ3v) is 4.52. The van der Waals surface area contributed by atoms with Crippen LogP contribution >= 0.6 is 12.2 Å². The van der Waals surface area contributed by atoms with E-state index in [1.807, 2.05) is 0 Å². The highest BCUT2D eigenvalue weighted by atomic mass is 32.2. The maximum atomic E-state index is 12.1. The molecule has 114 valence electrons. The molecular weight excluding hydrogens is 312 g/mol. The molecule has 0 bridgehead atoms. The summed E-state index contributed by atoms with van der Waals surface area (Å²) in [5, 5.41) is -0.167. The van der Waals surface area contributed by atoms with Crippen molar-refractivity contribution in [3.63, 3.8) is 0 Å². The van der Waals surface area contributed by atoms with Crippen molar-refractivity contribution in [2.75, 3.05) is 11.4 Å². The highest BCUT2D eigenvalue weighted by Crippen LogP contribution is 2.29. The van der Waals surface area contributed by atoms with Crippen LogP contribution in [0.4, 0.5) is 5.69 Å². The Morgan fingerprint density at radius 3 is 2.76 bits per heavy atom. The van der Waals surface area contributed by atoms with Crippen LogP contribution in [-0.4, -0.2) is 26.0 Å². The maximum absolute atomic E-state index is 12.1. The minimum absolute atomic E-state index is 0.0557. The third kappa shape index (κ3) is 3.49. The van der Waals surface area contributed by atoms with Crippen LogP contribution < -0.4 is 20.9 Å². The van der Waals surface area contributed by atoms with Crippen LogP contribution in [-0.2, 0) is 21.2 Å². The maximum Gasteiger partial charge on any atom is 0.257 e. The molecule has 1 aliphatic rings. The lowest BCUT2D eigenvalue weighted by Crippen LogP contribution is -2.44. The highest BCUT2D eigenvalue weighted by Gasteiger charge is 2.22. The number of benzene rings is 1. The lowest BCUT2D eigenvalue weighted by molar-refractivity contribution is -0.116. The summed E-state index contributed by atoms with van der Waals surface area (Å²) in [6.45, 7) is 2.14. The normalized spacial score (nSPS) is 14.4. The van der Waals surface area contributed by atoms with Crippen LogP contribution in [0.3, 0.4) is 0 Å². The molecule has 1 aromatic rings. The SMILES string of the molecule is CC(=O)N1CCCc2cc(S(=O)(=O)NNC(N)=S)ccc21. The minimum Gasteiger partial charge on any atom is -0.375 e. The van der Waals surface area contributed by atoms with Gasteiger partial charge in [-0.05, 0) is 48.8 Å². The number of sulfonamides is 1. The standard InChI is InChI=1S/C12H16N4O3S2/c1-8(17)16-6-2-3-9-7-10(4-5-11(9)16)21(18,19)15-14-12(13)20/h4-5,7,15H,2-3,6H2,1H3,(H3,13,14,20). The summed E-state index contributed by atoms with van der Waals surface area (Å²) in [7, 11) is -3.76. The molecule has 1 amide bonds. The molecule has 1 aliphatic heterocycles. The van der Waals surface area contributed by atoms with Crippen molar-refractivity contribution in [3.8, 4) is 0 Å². The molecule has 0 radical (unpaired) electrons. The Morgan fingerprint density at radius 2 is 2.14 bits per heavy atom. The van der Waals surface area contributed by atoms with Gasteiger partial charge in [-0.15, -0.1) is 4.83 Å². The van der Waals surface area contributed by atoms with Gasteiger partial charge in [0.05, 0.1) is 4.90 Å². The van der Waals surface area contributed by atoms with Crippen molar-refractivity contribution >= 4 is 38.9 Å². The lowest BCUT2D eigenvalue weighted by atomic mass is 10.0. The predicted octanol–water partition coefficient (Wildman–Crippen LogP) is 0.0122. The first-order valence-corrected chi connectivity index (χ1v) is 8.18. The van der Waals surface area contributed by atoms with Gasteiger partial charge < -0.3 is 10.6 Å². The number of rotatable bonds is 3. The number of nitrogens with zero attached hydrogens (tertiary/aromatic N) is 1. The number of carbonyl (C=O) groups excluding carboxylic acids is 1. The molecule has 0 spiro atoms. The number of nitrogens with two attached hydrogens (primary N) is 1. The number of amides is 1. The second kappa shape index (κ2) is 5.96. The molecule has 1 heterocycles. The summed E-state index contributed by atoms with van der Waals surface area (Å²) in [4.78, 5) is 15.4. The number of nitrogens with one attached hydrogen (secondary N) is 2. The average Bonchev–Trinajstić information content (AvgIpc) is 2.43. The van der Waals surface area contributed by atoms with Crippen molar-refractivity contribution in [2.24, 2.45) is 5.73 Å². The van der Waals surface area contributed by atoms with E-state index >= 15 is 0 Å². The zero-order valence-corrected chi connectivity index (χ0v) is 13.1. The fourth-order valence-electron chi connectivity index (χ4n) is 2.24. The van der Waals surface area contributed by atoms with Crippen molar-refractivity contribution in [3.05, 3.63) is 23.8 Å². The number of hydrazine groups is 1. The predicted molar refractivity (Wildman–Crippen MR) is 83.0 cm³/mol. The van der Waals surface area contributed by atoms with E-state index in [-0.39, 0.29) is 15.9 Å². The van der Waals surface area contributed by atoms with E-state index < -0.39 is 10.0 Å². The van der Waals surface area contributed by atoms with Crippen LogP contribution in [0, 0.1) is 0 Å². The van der Waals surface area contributed by atoms with E-state index in [1.165, 1.54) is 13.0 Å². The summed E-state index contributed by atoms with van der Waals surface area (Å²) >= 11 is 4.55. The van der Waals surface area contributed by atoms with Gasteiger partial charge in [0, 0.05) is 19.2 Å². The van der Waals surface area contributed by atoms with Crippen LogP contribution in [0.25, 0.3) is 0 Å². The monoisotopic (exact) mass is 328 g/mol. The Hall–Kier alpha value is -1.71. The van der Waals surface area contributed by atoms with E-state index in [9.17, 15) is 13.2 Å². The number of anilines is 1. The highest BCUT2D eigenvalue weighted by molar-refractivity contribution is 7.89. The van der Waals surface area contributed by atoms with Gasteiger partial charge in [-0.3, -0.25) is 10.2 Å². The minimum atomic E-state index is -3.76. The molecule has 0 aromatic heterocycles. The molecule has 0 saturated carbocycles. The van der Waals surface area contributed by atoms with Crippen molar-refractivity contribution in [1.82, 2.24) is 10.3 Å². The first kappa shape index (κ1) is 15.7. The van der Waals surface area contributed by atoms with E-state index in [4.69, 9.17) is 5.73 Å². The van der Waals surface area contributed by atoms with E-state index in [2.05, 4.69) is 22.5 Å². The Labute approximate surface area is 128 Å². The molecule has 1 aromatic carbocycles. The van der Waals surface area contributed by atoms with Gasteiger partial charge in [0.15, 0.2) is 5.11 Å². The van der Waals surface area contributed by atoms with Gasteiger partial charge in [-0.1, -0.05) is 0 Å². The Kier molecular flexibility index (Phi) is 4.45. The van der Waals surface area contributed by atoms with E-state index in [1.54, 1.807) is 17.0 Å². The second-order valence-corrected chi connectivity index (χ2v) is 6.78. The van der Waals surface area contributed by atoms with Crippen molar-refractivity contribution in [1.29, 1.82) is 0 Å². The van der Waals surface area contributed by atoms with Gasteiger partial charge in [0.1, 0.15) is 0 Å². The molecule has 0 saturated heterocycles. The Morgan fingerprint density at radius 1 is 1.43 bits per heavy atom. The summed E-state index contributed by atoms with van der Waals surface area (Å²) in [6, 6.07) is 4.66. The fourth-order valence-corrected chi connectivity index (χ4v) is 3.27. The number of carbonyl (C=O) groups is 1. The van der Waals surface area contributed by atoms with Crippen molar-refractivity contribution < 1.29 is 13.2 Å². The number of hydrogen-bond donors (Lipinski definition) is 3. The van der Waals surface area contributed by atoms with Crippen LogP contribution in [0.5, 0.6) is 0 Å². The van der Waals surface area contributed by atoms with Gasteiger partial charge in [-0.25, -0.2) is 8.42 Å². The number of aryl methyl sites for hydroxylation is 1. The molecule has 0 aliphatic carbocycles. The fraction of sp³-hybridized carbons (Fsp3) is 0.333. The van der Waals surface area contributed by atoms with Gasteiger partial charge in [0.25, 0.3) is 10.0 Å². The number of hydrogen-bond acceptors (Lipinski definition) is 4.